The number of nitrogen functional groups attached to an aromatic ring is 1. The van der Waals surface area contributed by atoms with Gasteiger partial charge in [-0.3, -0.25) is 0 Å². The van der Waals surface area contributed by atoms with Gasteiger partial charge in [-0.1, -0.05) is 20.3 Å². The van der Waals surface area contributed by atoms with Crippen LogP contribution in [0.15, 0.2) is 24.3 Å². The van der Waals surface area contributed by atoms with Crippen LogP contribution in [0, 0.1) is 5.92 Å². The Labute approximate surface area is 79.7 Å². The Balaban J connectivity index is 2.41. The van der Waals surface area contributed by atoms with Crippen LogP contribution in [0.1, 0.15) is 20.3 Å². The van der Waals surface area contributed by atoms with Crippen LogP contribution in [0.5, 0.6) is 5.75 Å². The average molecular weight is 179 g/mol. The van der Waals surface area contributed by atoms with E-state index in [0.29, 0.717) is 5.92 Å². The maximum Gasteiger partial charge on any atom is 0.119 e. The third-order valence-electron chi connectivity index (χ3n) is 2.11. The lowest BCUT2D eigenvalue weighted by Gasteiger charge is -2.10. The molecule has 0 unspecified atom stereocenters. The second kappa shape index (κ2) is 4.75. The zero-order valence-corrected chi connectivity index (χ0v) is 8.29. The van der Waals surface area contributed by atoms with Crippen LogP contribution < -0.4 is 10.5 Å². The molecule has 1 rings (SSSR count). The van der Waals surface area contributed by atoms with Gasteiger partial charge in [0.15, 0.2) is 0 Å². The first-order chi connectivity index (χ1) is 6.22. The smallest absolute Gasteiger partial charge is 0.119 e. The lowest BCUT2D eigenvalue weighted by Crippen LogP contribution is -2.07. The van der Waals surface area contributed by atoms with Crippen molar-refractivity contribution in [3.8, 4) is 5.75 Å². The Morgan fingerprint density at radius 3 is 2.46 bits per heavy atom. The lowest BCUT2D eigenvalue weighted by atomic mass is 10.1. The largest absolute Gasteiger partial charge is 0.493 e. The van der Waals surface area contributed by atoms with Gasteiger partial charge in [0, 0.05) is 5.69 Å². The molecule has 0 amide bonds. The van der Waals surface area contributed by atoms with E-state index >= 15 is 0 Å². The van der Waals surface area contributed by atoms with E-state index in [4.69, 9.17) is 10.5 Å². The highest BCUT2D eigenvalue weighted by Crippen LogP contribution is 2.14. The number of hydrogen-bond donors (Lipinski definition) is 1. The first kappa shape index (κ1) is 9.90. The van der Waals surface area contributed by atoms with E-state index in [1.807, 2.05) is 24.3 Å². The Bertz CT molecular complexity index is 243. The van der Waals surface area contributed by atoms with Crippen molar-refractivity contribution >= 4 is 5.69 Å². The monoisotopic (exact) mass is 179 g/mol. The van der Waals surface area contributed by atoms with Gasteiger partial charge < -0.3 is 10.5 Å². The predicted molar refractivity (Wildman–Crippen MR) is 55.8 cm³/mol. The van der Waals surface area contributed by atoms with Crippen molar-refractivity contribution < 1.29 is 4.74 Å². The number of benzene rings is 1. The zero-order valence-electron chi connectivity index (χ0n) is 8.29. The first-order valence-electron chi connectivity index (χ1n) is 4.70. The summed E-state index contributed by atoms with van der Waals surface area (Å²) in [7, 11) is 0. The molecule has 1 atom stereocenters. The van der Waals surface area contributed by atoms with E-state index in [9.17, 15) is 0 Å². The number of rotatable bonds is 4. The average Bonchev–Trinajstić information content (AvgIpc) is 2.16. The van der Waals surface area contributed by atoms with Crippen LogP contribution in [0.25, 0.3) is 0 Å². The zero-order chi connectivity index (χ0) is 9.68. The van der Waals surface area contributed by atoms with Crippen LogP contribution >= 0.6 is 0 Å². The second-order valence-electron chi connectivity index (χ2n) is 3.39. The molecule has 1 aromatic carbocycles. The Kier molecular flexibility index (Phi) is 3.62. The van der Waals surface area contributed by atoms with Crippen LogP contribution in [0.2, 0.25) is 0 Å². The third-order valence-corrected chi connectivity index (χ3v) is 2.11. The fourth-order valence-electron chi connectivity index (χ4n) is 0.920. The quantitative estimate of drug-likeness (QED) is 0.721. The van der Waals surface area contributed by atoms with Gasteiger partial charge in [-0.15, -0.1) is 0 Å². The number of ether oxygens (including phenoxy) is 1. The Morgan fingerprint density at radius 1 is 1.31 bits per heavy atom. The highest BCUT2D eigenvalue weighted by atomic mass is 16.5. The normalized spacial score (nSPS) is 12.5. The highest BCUT2D eigenvalue weighted by Gasteiger charge is 1.99. The minimum atomic E-state index is 0.609. The van der Waals surface area contributed by atoms with Crippen LogP contribution in [-0.2, 0) is 0 Å². The predicted octanol–water partition coefficient (Wildman–Crippen LogP) is 2.69. The Morgan fingerprint density at radius 2 is 1.92 bits per heavy atom. The molecule has 0 fully saturated rings. The summed E-state index contributed by atoms with van der Waals surface area (Å²) < 4.78 is 5.56. The summed E-state index contributed by atoms with van der Waals surface area (Å²) in [6.07, 6.45) is 1.15. The maximum absolute atomic E-state index is 5.56. The van der Waals surface area contributed by atoms with Crippen molar-refractivity contribution in [1.82, 2.24) is 0 Å². The van der Waals surface area contributed by atoms with Crippen LogP contribution in [-0.4, -0.2) is 6.61 Å². The van der Waals surface area contributed by atoms with Gasteiger partial charge in [-0.2, -0.15) is 0 Å². The molecule has 0 aromatic heterocycles. The molecule has 0 heterocycles. The van der Waals surface area contributed by atoms with Crippen molar-refractivity contribution in [2.24, 2.45) is 5.92 Å². The third kappa shape index (κ3) is 3.36. The second-order valence-corrected chi connectivity index (χ2v) is 3.39. The maximum atomic E-state index is 5.56. The fraction of sp³-hybridized carbons (Fsp3) is 0.455. The molecule has 0 saturated carbocycles. The van der Waals surface area contributed by atoms with Gasteiger partial charge in [-0.25, -0.2) is 0 Å². The van der Waals surface area contributed by atoms with Gasteiger partial charge in [0.25, 0.3) is 0 Å². The summed E-state index contributed by atoms with van der Waals surface area (Å²) in [4.78, 5) is 0. The van der Waals surface area contributed by atoms with Gasteiger partial charge >= 0.3 is 0 Å². The van der Waals surface area contributed by atoms with Gasteiger partial charge in [-0.05, 0) is 30.2 Å². The summed E-state index contributed by atoms with van der Waals surface area (Å²) in [6, 6.07) is 7.51. The van der Waals surface area contributed by atoms with E-state index in [-0.39, 0.29) is 0 Å². The molecule has 0 saturated heterocycles. The summed E-state index contributed by atoms with van der Waals surface area (Å²) >= 11 is 0. The molecule has 2 nitrogen and oxygen atoms in total. The van der Waals surface area contributed by atoms with Crippen molar-refractivity contribution in [2.75, 3.05) is 12.3 Å². The molecule has 0 aliphatic carbocycles. The molecule has 72 valence electrons. The molecular weight excluding hydrogens is 162 g/mol. The molecule has 0 radical (unpaired) electrons. The van der Waals surface area contributed by atoms with Crippen LogP contribution in [0.3, 0.4) is 0 Å². The fourth-order valence-corrected chi connectivity index (χ4v) is 0.920. The van der Waals surface area contributed by atoms with Crippen molar-refractivity contribution in [2.45, 2.75) is 20.3 Å². The van der Waals surface area contributed by atoms with Gasteiger partial charge in [0.05, 0.1) is 6.61 Å². The minimum Gasteiger partial charge on any atom is -0.493 e. The van der Waals surface area contributed by atoms with Gasteiger partial charge in [0.2, 0.25) is 0 Å². The number of anilines is 1. The molecule has 0 aliphatic heterocycles. The van der Waals surface area contributed by atoms with E-state index in [1.165, 1.54) is 0 Å². The van der Waals surface area contributed by atoms with Crippen LogP contribution in [0.4, 0.5) is 5.69 Å². The minimum absolute atomic E-state index is 0.609. The number of hydrogen-bond acceptors (Lipinski definition) is 2. The molecule has 13 heavy (non-hydrogen) atoms. The van der Waals surface area contributed by atoms with E-state index in [2.05, 4.69) is 13.8 Å². The van der Waals surface area contributed by atoms with E-state index < -0.39 is 0 Å². The molecule has 0 spiro atoms. The SMILES string of the molecule is CC[C@@H](C)COc1ccc(N)cc1. The van der Waals surface area contributed by atoms with Crippen molar-refractivity contribution in [3.63, 3.8) is 0 Å². The molecular formula is C11H17NO. The molecule has 2 heteroatoms. The summed E-state index contributed by atoms with van der Waals surface area (Å²) in [5.74, 6) is 1.51. The molecule has 1 aromatic rings. The summed E-state index contributed by atoms with van der Waals surface area (Å²) in [5.41, 5.74) is 6.33. The standard InChI is InChI=1S/C11H17NO/c1-3-9(2)8-13-11-6-4-10(12)5-7-11/h4-7,9H,3,8,12H2,1-2H3/t9-/m1/s1. The van der Waals surface area contributed by atoms with Crippen molar-refractivity contribution in [3.05, 3.63) is 24.3 Å². The highest BCUT2D eigenvalue weighted by molar-refractivity contribution is 5.41. The van der Waals surface area contributed by atoms with E-state index in [0.717, 1.165) is 24.5 Å². The first-order valence-corrected chi connectivity index (χ1v) is 4.70. The molecule has 2 N–H and O–H groups in total. The Hall–Kier alpha value is -1.18. The van der Waals surface area contributed by atoms with Crippen molar-refractivity contribution in [1.29, 1.82) is 0 Å². The molecule has 0 bridgehead atoms. The van der Waals surface area contributed by atoms with Gasteiger partial charge in [0.1, 0.15) is 5.75 Å². The molecule has 0 aliphatic rings. The lowest BCUT2D eigenvalue weighted by molar-refractivity contribution is 0.256. The number of nitrogens with two attached hydrogens (primary N) is 1. The summed E-state index contributed by atoms with van der Waals surface area (Å²) in [5, 5.41) is 0. The topological polar surface area (TPSA) is 35.2 Å². The van der Waals surface area contributed by atoms with E-state index in [1.54, 1.807) is 0 Å². The summed E-state index contributed by atoms with van der Waals surface area (Å²) in [6.45, 7) is 5.12.